The van der Waals surface area contributed by atoms with Crippen LogP contribution in [-0.2, 0) is 38.7 Å². The van der Waals surface area contributed by atoms with Gasteiger partial charge in [0.1, 0.15) is 25.0 Å². The van der Waals surface area contributed by atoms with E-state index in [2.05, 4.69) is 62.9 Å². The third kappa shape index (κ3) is 9.25. The van der Waals surface area contributed by atoms with Gasteiger partial charge in [0, 0.05) is 51.9 Å². The second-order valence-electron chi connectivity index (χ2n) is 11.8. The van der Waals surface area contributed by atoms with Crippen molar-refractivity contribution in [1.82, 2.24) is 20.1 Å². The van der Waals surface area contributed by atoms with E-state index in [1.165, 1.54) is 11.1 Å². The number of nitrogens with one attached hydrogen (secondary N) is 1. The lowest BCUT2D eigenvalue weighted by Gasteiger charge is -2.37. The summed E-state index contributed by atoms with van der Waals surface area (Å²) in [5.41, 5.74) is 4.78. The van der Waals surface area contributed by atoms with E-state index in [1.807, 2.05) is 18.4 Å². The molecule has 4 atom stereocenters. The molecule has 1 fully saturated rings. The first-order valence-corrected chi connectivity index (χ1v) is 16.1. The van der Waals surface area contributed by atoms with Crippen LogP contribution in [0.3, 0.4) is 0 Å². The molecule has 0 saturated carbocycles. The number of hydrogen-bond donors (Lipinski definition) is 1. The van der Waals surface area contributed by atoms with Crippen LogP contribution < -0.4 is 15.0 Å². The third-order valence-electron chi connectivity index (χ3n) is 8.50. The molecule has 240 valence electrons. The maximum Gasteiger partial charge on any atom is 0.142 e. The van der Waals surface area contributed by atoms with E-state index in [1.54, 1.807) is 19.8 Å². The second kappa shape index (κ2) is 16.9. The zero-order chi connectivity index (χ0) is 30.6. The predicted octanol–water partition coefficient (Wildman–Crippen LogP) is 4.58. The van der Waals surface area contributed by atoms with Gasteiger partial charge in [0.2, 0.25) is 0 Å². The number of benzene rings is 2. The summed E-state index contributed by atoms with van der Waals surface area (Å²) in [4.78, 5) is 2.40. The lowest BCUT2D eigenvalue weighted by atomic mass is 9.83. The molecule has 10 heteroatoms. The van der Waals surface area contributed by atoms with Crippen LogP contribution in [0.2, 0.25) is 0 Å². The minimum Gasteiger partial charge on any atom is -0.490 e. The second-order valence-corrected chi connectivity index (χ2v) is 11.8. The number of aromatic nitrogens is 3. The van der Waals surface area contributed by atoms with E-state index in [-0.39, 0.29) is 18.1 Å². The summed E-state index contributed by atoms with van der Waals surface area (Å²) >= 11 is 0. The molecule has 5 rings (SSSR count). The highest BCUT2D eigenvalue weighted by Crippen LogP contribution is 2.35. The fraction of sp³-hybridized carbons (Fsp3) is 0.588. The van der Waals surface area contributed by atoms with Crippen LogP contribution in [0.1, 0.15) is 55.7 Å². The van der Waals surface area contributed by atoms with Crippen molar-refractivity contribution in [1.29, 1.82) is 0 Å². The van der Waals surface area contributed by atoms with Gasteiger partial charge in [-0.3, -0.25) is 0 Å². The highest BCUT2D eigenvalue weighted by atomic mass is 16.5. The third-order valence-corrected chi connectivity index (χ3v) is 8.50. The van der Waals surface area contributed by atoms with E-state index in [9.17, 15) is 0 Å². The van der Waals surface area contributed by atoms with Crippen LogP contribution >= 0.6 is 0 Å². The number of nitrogens with zero attached hydrogens (tertiary/aromatic N) is 4. The Hall–Kier alpha value is -3.02. The van der Waals surface area contributed by atoms with Crippen molar-refractivity contribution in [3.63, 3.8) is 0 Å². The van der Waals surface area contributed by atoms with Crippen molar-refractivity contribution in [3.05, 3.63) is 71.8 Å². The number of fused-ring (bicyclic) bond motifs is 1. The van der Waals surface area contributed by atoms with E-state index in [4.69, 9.17) is 23.7 Å². The van der Waals surface area contributed by atoms with Crippen molar-refractivity contribution in [2.45, 2.75) is 77.0 Å². The summed E-state index contributed by atoms with van der Waals surface area (Å²) in [6, 6.07) is 15.7. The molecular weight excluding hydrogens is 558 g/mol. The van der Waals surface area contributed by atoms with Crippen LogP contribution in [0.5, 0.6) is 5.75 Å². The smallest absolute Gasteiger partial charge is 0.142 e. The topological polar surface area (TPSA) is 92.1 Å². The lowest BCUT2D eigenvalue weighted by molar-refractivity contribution is -0.00718. The van der Waals surface area contributed by atoms with Gasteiger partial charge in [-0.25, -0.2) is 0 Å². The fourth-order valence-corrected chi connectivity index (χ4v) is 6.13. The molecule has 10 nitrogen and oxygen atoms in total. The maximum atomic E-state index is 6.70. The first kappa shape index (κ1) is 32.4. The predicted molar refractivity (Wildman–Crippen MR) is 170 cm³/mol. The maximum absolute atomic E-state index is 6.70. The summed E-state index contributed by atoms with van der Waals surface area (Å²) in [6.07, 6.45) is 6.72. The van der Waals surface area contributed by atoms with Crippen LogP contribution in [0.25, 0.3) is 0 Å². The zero-order valence-corrected chi connectivity index (χ0v) is 26.5. The number of methoxy groups -OCH3 is 1. The Bertz CT molecular complexity index is 1240. The molecule has 1 aromatic heterocycles. The average Bonchev–Trinajstić information content (AvgIpc) is 3.58. The quantitative estimate of drug-likeness (QED) is 0.222. The van der Waals surface area contributed by atoms with Crippen molar-refractivity contribution in [2.24, 2.45) is 0 Å². The lowest BCUT2D eigenvalue weighted by Crippen LogP contribution is -2.47. The molecule has 1 saturated heterocycles. The van der Waals surface area contributed by atoms with Gasteiger partial charge in [-0.1, -0.05) is 30.3 Å². The van der Waals surface area contributed by atoms with E-state index >= 15 is 0 Å². The SMILES string of the molecule is CCO[C@H](C)COCc1ccc([C@H]2C[C@H](CCn3cnnc3)NC[C@@H]2OCc2ccc3c(c2)N(CCCOC)CCO3)cc1. The molecule has 1 N–H and O–H groups in total. The number of piperidine rings is 1. The van der Waals surface area contributed by atoms with Gasteiger partial charge in [0.05, 0.1) is 44.3 Å². The molecule has 44 heavy (non-hydrogen) atoms. The van der Waals surface area contributed by atoms with Crippen molar-refractivity contribution in [3.8, 4) is 5.75 Å². The largest absolute Gasteiger partial charge is 0.490 e. The number of aryl methyl sites for hydroxylation is 1. The van der Waals surface area contributed by atoms with Gasteiger partial charge < -0.3 is 38.5 Å². The first-order chi connectivity index (χ1) is 21.6. The molecule has 2 aromatic carbocycles. The van der Waals surface area contributed by atoms with Crippen molar-refractivity contribution >= 4 is 5.69 Å². The fourth-order valence-electron chi connectivity index (χ4n) is 6.13. The molecule has 0 bridgehead atoms. The van der Waals surface area contributed by atoms with Gasteiger partial charge in [0.25, 0.3) is 0 Å². The molecule has 3 aromatic rings. The molecule has 0 radical (unpaired) electrons. The van der Waals surface area contributed by atoms with Crippen LogP contribution in [0.15, 0.2) is 55.1 Å². The molecule has 0 unspecified atom stereocenters. The summed E-state index contributed by atoms with van der Waals surface area (Å²) in [7, 11) is 1.75. The number of anilines is 1. The summed E-state index contributed by atoms with van der Waals surface area (Å²) in [5.74, 6) is 1.23. The first-order valence-electron chi connectivity index (χ1n) is 16.1. The summed E-state index contributed by atoms with van der Waals surface area (Å²) in [6.45, 7) is 11.5. The van der Waals surface area contributed by atoms with Crippen LogP contribution in [0, 0.1) is 0 Å². The monoisotopic (exact) mass is 607 g/mol. The minimum absolute atomic E-state index is 0.0559. The molecule has 3 heterocycles. The van der Waals surface area contributed by atoms with Gasteiger partial charge in [-0.2, -0.15) is 0 Å². The Kier molecular flexibility index (Phi) is 12.4. The molecule has 0 aliphatic carbocycles. The Morgan fingerprint density at radius 1 is 1.05 bits per heavy atom. The standard InChI is InChI=1S/C34H49N5O5/c1-4-42-26(2)21-41-22-27-6-9-29(10-7-27)31-19-30(12-14-38-24-36-37-25-38)35-20-34(31)44-23-28-8-11-33-32(18-28)39(15-17-43-33)13-5-16-40-3/h6-11,18,24-26,30-31,34-35H,4-5,12-17,19-23H2,1-3H3/t26-,30+,31-,34+/m1/s1. The van der Waals surface area contributed by atoms with Crippen molar-refractivity contribution < 1.29 is 23.7 Å². The summed E-state index contributed by atoms with van der Waals surface area (Å²) in [5, 5.41) is 11.7. The zero-order valence-electron chi connectivity index (χ0n) is 26.5. The van der Waals surface area contributed by atoms with Crippen molar-refractivity contribution in [2.75, 3.05) is 58.1 Å². The Morgan fingerprint density at radius 3 is 2.66 bits per heavy atom. The van der Waals surface area contributed by atoms with Crippen LogP contribution in [-0.4, -0.2) is 86.2 Å². The Labute approximate surface area is 262 Å². The van der Waals surface area contributed by atoms with Gasteiger partial charge >= 0.3 is 0 Å². The van der Waals surface area contributed by atoms with E-state index in [0.29, 0.717) is 39.1 Å². The molecule has 0 spiro atoms. The van der Waals surface area contributed by atoms with E-state index < -0.39 is 0 Å². The summed E-state index contributed by atoms with van der Waals surface area (Å²) < 4.78 is 31.5. The van der Waals surface area contributed by atoms with Gasteiger partial charge in [-0.15, -0.1) is 10.2 Å². The number of ether oxygens (including phenoxy) is 5. The molecule has 0 amide bonds. The Morgan fingerprint density at radius 2 is 1.86 bits per heavy atom. The van der Waals surface area contributed by atoms with E-state index in [0.717, 1.165) is 69.0 Å². The number of hydrogen-bond acceptors (Lipinski definition) is 9. The molecule has 2 aliphatic rings. The minimum atomic E-state index is 0.0559. The average molecular weight is 608 g/mol. The highest BCUT2D eigenvalue weighted by Gasteiger charge is 2.32. The number of rotatable bonds is 17. The molecule has 2 aliphatic heterocycles. The normalized spacial score (nSPS) is 20.7. The van der Waals surface area contributed by atoms with Gasteiger partial charge in [0.15, 0.2) is 0 Å². The van der Waals surface area contributed by atoms with Gasteiger partial charge in [-0.05, 0) is 61.9 Å². The molecular formula is C34H49N5O5. The van der Waals surface area contributed by atoms with Crippen LogP contribution in [0.4, 0.5) is 5.69 Å². The highest BCUT2D eigenvalue weighted by molar-refractivity contribution is 5.61. The Balaban J connectivity index is 1.23.